The summed E-state index contributed by atoms with van der Waals surface area (Å²) in [6, 6.07) is 6.13. The summed E-state index contributed by atoms with van der Waals surface area (Å²) in [5, 5.41) is 19.4. The first kappa shape index (κ1) is 9.71. The van der Waals surface area contributed by atoms with Gasteiger partial charge in [-0.15, -0.1) is 11.3 Å². The van der Waals surface area contributed by atoms with Gasteiger partial charge in [-0.3, -0.25) is 0 Å². The van der Waals surface area contributed by atoms with Crippen LogP contribution in [0.2, 0.25) is 0 Å². The van der Waals surface area contributed by atoms with E-state index < -0.39 is 7.12 Å². The lowest BCUT2D eigenvalue weighted by Gasteiger charge is -1.96. The number of fused-ring (bicyclic) bond motifs is 1. The summed E-state index contributed by atoms with van der Waals surface area (Å²) >= 11 is 1.44. The predicted molar refractivity (Wildman–Crippen MR) is 61.1 cm³/mol. The third kappa shape index (κ3) is 1.45. The van der Waals surface area contributed by atoms with E-state index in [0.717, 1.165) is 15.6 Å². The fourth-order valence-corrected chi connectivity index (χ4v) is 2.66. The minimum atomic E-state index is -1.35. The van der Waals surface area contributed by atoms with E-state index in [1.807, 2.05) is 26.0 Å². The van der Waals surface area contributed by atoms with Gasteiger partial charge < -0.3 is 10.0 Å². The van der Waals surface area contributed by atoms with Gasteiger partial charge in [-0.2, -0.15) is 0 Å². The minimum Gasteiger partial charge on any atom is -0.423 e. The molecule has 4 heteroatoms. The van der Waals surface area contributed by atoms with Crippen molar-refractivity contribution in [2.24, 2.45) is 0 Å². The molecule has 0 saturated carbocycles. The summed E-state index contributed by atoms with van der Waals surface area (Å²) in [5.74, 6) is 0. The first-order chi connectivity index (χ1) is 6.59. The van der Waals surface area contributed by atoms with E-state index in [4.69, 9.17) is 10.0 Å². The Labute approximate surface area is 87.0 Å². The molecule has 0 unspecified atom stereocenters. The maximum atomic E-state index is 9.14. The van der Waals surface area contributed by atoms with Crippen molar-refractivity contribution in [2.75, 3.05) is 0 Å². The Morgan fingerprint density at radius 1 is 1.21 bits per heavy atom. The molecule has 0 aliphatic carbocycles. The highest BCUT2D eigenvalue weighted by atomic mass is 32.1. The van der Waals surface area contributed by atoms with Crippen molar-refractivity contribution >= 4 is 33.3 Å². The molecule has 2 rings (SSSR count). The molecule has 0 amide bonds. The van der Waals surface area contributed by atoms with E-state index in [1.54, 1.807) is 0 Å². The van der Waals surface area contributed by atoms with Crippen molar-refractivity contribution in [2.45, 2.75) is 13.8 Å². The summed E-state index contributed by atoms with van der Waals surface area (Å²) in [7, 11) is -1.35. The lowest BCUT2D eigenvalue weighted by atomic mass is 9.85. The first-order valence-electron chi connectivity index (χ1n) is 4.45. The van der Waals surface area contributed by atoms with Gasteiger partial charge >= 0.3 is 7.12 Å². The zero-order valence-electron chi connectivity index (χ0n) is 8.11. The highest BCUT2D eigenvalue weighted by molar-refractivity contribution is 7.28. The standard InChI is InChI=1S/C10H11BO2S/c1-6-3-4-9-8(5-6)7(2)10(14-9)11(12)13/h3-5,12-13H,1-2H3. The number of hydrogen-bond acceptors (Lipinski definition) is 3. The van der Waals surface area contributed by atoms with Crippen LogP contribution in [0, 0.1) is 13.8 Å². The third-order valence-electron chi connectivity index (χ3n) is 2.36. The number of thiophene rings is 1. The van der Waals surface area contributed by atoms with Crippen LogP contribution in [0.25, 0.3) is 10.1 Å². The van der Waals surface area contributed by atoms with Crippen LogP contribution in [0.5, 0.6) is 0 Å². The van der Waals surface area contributed by atoms with E-state index in [2.05, 4.69) is 6.07 Å². The summed E-state index contributed by atoms with van der Waals surface area (Å²) in [5.41, 5.74) is 2.17. The molecule has 0 aliphatic heterocycles. The second-order valence-electron chi connectivity index (χ2n) is 3.46. The molecule has 72 valence electrons. The zero-order chi connectivity index (χ0) is 10.3. The molecule has 1 aromatic carbocycles. The van der Waals surface area contributed by atoms with Crippen molar-refractivity contribution < 1.29 is 10.0 Å². The maximum Gasteiger partial charge on any atom is 0.499 e. The summed E-state index contributed by atoms with van der Waals surface area (Å²) in [6.07, 6.45) is 0. The number of hydrogen-bond donors (Lipinski definition) is 2. The Balaban J connectivity index is 2.74. The van der Waals surface area contributed by atoms with Gasteiger partial charge in [0.05, 0.1) is 0 Å². The number of aryl methyl sites for hydroxylation is 2. The highest BCUT2D eigenvalue weighted by Crippen LogP contribution is 2.24. The van der Waals surface area contributed by atoms with Crippen LogP contribution < -0.4 is 4.78 Å². The lowest BCUT2D eigenvalue weighted by Crippen LogP contribution is -2.28. The van der Waals surface area contributed by atoms with E-state index in [1.165, 1.54) is 16.9 Å². The predicted octanol–water partition coefficient (Wildman–Crippen LogP) is 1.20. The third-order valence-corrected chi connectivity index (χ3v) is 3.68. The smallest absolute Gasteiger partial charge is 0.423 e. The molecule has 0 saturated heterocycles. The van der Waals surface area contributed by atoms with E-state index in [9.17, 15) is 0 Å². The second-order valence-corrected chi connectivity index (χ2v) is 4.55. The van der Waals surface area contributed by atoms with Crippen LogP contribution in [0.3, 0.4) is 0 Å². The first-order valence-corrected chi connectivity index (χ1v) is 5.27. The van der Waals surface area contributed by atoms with Crippen LogP contribution in [-0.4, -0.2) is 17.2 Å². The van der Waals surface area contributed by atoms with E-state index in [-0.39, 0.29) is 0 Å². The molecule has 0 radical (unpaired) electrons. The average molecular weight is 206 g/mol. The second kappa shape index (κ2) is 3.39. The van der Waals surface area contributed by atoms with Gasteiger partial charge in [0.15, 0.2) is 0 Å². The molecular formula is C10H11BO2S. The molecule has 0 atom stereocenters. The van der Waals surface area contributed by atoms with Crippen molar-refractivity contribution in [3.05, 3.63) is 29.3 Å². The largest absolute Gasteiger partial charge is 0.499 e. The monoisotopic (exact) mass is 206 g/mol. The summed E-state index contributed by atoms with van der Waals surface area (Å²) < 4.78 is 1.75. The maximum absolute atomic E-state index is 9.14. The molecule has 1 heterocycles. The molecule has 14 heavy (non-hydrogen) atoms. The lowest BCUT2D eigenvalue weighted by molar-refractivity contribution is 0.426. The van der Waals surface area contributed by atoms with Crippen molar-refractivity contribution in [1.29, 1.82) is 0 Å². The summed E-state index contributed by atoms with van der Waals surface area (Å²) in [6.45, 7) is 3.96. The molecule has 0 fully saturated rings. The Kier molecular flexibility index (Phi) is 2.35. The van der Waals surface area contributed by atoms with Gasteiger partial charge in [-0.1, -0.05) is 17.7 Å². The van der Waals surface area contributed by atoms with Gasteiger partial charge in [0.2, 0.25) is 0 Å². The Morgan fingerprint density at radius 3 is 2.57 bits per heavy atom. The SMILES string of the molecule is Cc1ccc2sc(B(O)O)c(C)c2c1. The molecule has 2 aromatic rings. The Bertz CT molecular complexity index is 476. The van der Waals surface area contributed by atoms with Gasteiger partial charge in [-0.25, -0.2) is 0 Å². The molecular weight excluding hydrogens is 195 g/mol. The van der Waals surface area contributed by atoms with E-state index >= 15 is 0 Å². The van der Waals surface area contributed by atoms with Gasteiger partial charge in [-0.05, 0) is 30.9 Å². The molecule has 0 bridgehead atoms. The Hall–Kier alpha value is -0.835. The number of benzene rings is 1. The number of rotatable bonds is 1. The molecule has 0 aliphatic rings. The normalized spacial score (nSPS) is 10.9. The minimum absolute atomic E-state index is 0.644. The van der Waals surface area contributed by atoms with Gasteiger partial charge in [0.1, 0.15) is 0 Å². The fraction of sp³-hybridized carbons (Fsp3) is 0.200. The topological polar surface area (TPSA) is 40.5 Å². The molecule has 0 spiro atoms. The molecule has 2 nitrogen and oxygen atoms in total. The molecule has 1 aromatic heterocycles. The molecule has 2 N–H and O–H groups in total. The van der Waals surface area contributed by atoms with Crippen molar-refractivity contribution in [1.82, 2.24) is 0 Å². The average Bonchev–Trinajstić information content (AvgIpc) is 2.44. The highest BCUT2D eigenvalue weighted by Gasteiger charge is 2.18. The van der Waals surface area contributed by atoms with Gasteiger partial charge in [0, 0.05) is 9.48 Å². The van der Waals surface area contributed by atoms with Crippen molar-refractivity contribution in [3.63, 3.8) is 0 Å². The van der Waals surface area contributed by atoms with Crippen LogP contribution in [-0.2, 0) is 0 Å². The van der Waals surface area contributed by atoms with Crippen LogP contribution in [0.1, 0.15) is 11.1 Å². The van der Waals surface area contributed by atoms with Crippen molar-refractivity contribution in [3.8, 4) is 0 Å². The van der Waals surface area contributed by atoms with Crippen LogP contribution >= 0.6 is 11.3 Å². The van der Waals surface area contributed by atoms with Gasteiger partial charge in [0.25, 0.3) is 0 Å². The van der Waals surface area contributed by atoms with Crippen LogP contribution in [0.4, 0.5) is 0 Å². The van der Waals surface area contributed by atoms with E-state index in [0.29, 0.717) is 4.78 Å². The quantitative estimate of drug-likeness (QED) is 0.688. The summed E-state index contributed by atoms with van der Waals surface area (Å²) in [4.78, 5) is 0. The van der Waals surface area contributed by atoms with Crippen LogP contribution in [0.15, 0.2) is 18.2 Å². The zero-order valence-corrected chi connectivity index (χ0v) is 8.93. The Morgan fingerprint density at radius 2 is 1.93 bits per heavy atom. The fourth-order valence-electron chi connectivity index (χ4n) is 1.60.